The highest BCUT2D eigenvalue weighted by molar-refractivity contribution is 9.10. The second-order valence-electron chi connectivity index (χ2n) is 9.23. The average Bonchev–Trinajstić information content (AvgIpc) is 3.56. The zero-order valence-electron chi connectivity index (χ0n) is 23.1. The maximum absolute atomic E-state index is 14.1. The number of hydrogen-bond donors (Lipinski definition) is 0. The predicted octanol–water partition coefficient (Wildman–Crippen LogP) is 5.62. The van der Waals surface area contributed by atoms with Crippen LogP contribution in [0.25, 0.3) is 17.4 Å². The first-order chi connectivity index (χ1) is 19.9. The van der Waals surface area contributed by atoms with Crippen molar-refractivity contribution in [3.05, 3.63) is 101 Å². The Kier molecular flexibility index (Phi) is 8.60. The van der Waals surface area contributed by atoms with Crippen molar-refractivity contribution in [2.24, 2.45) is 4.99 Å². The molecule has 0 aliphatic carbocycles. The lowest BCUT2D eigenvalue weighted by Gasteiger charge is -2.27. The minimum absolute atomic E-state index is 0.187. The second-order valence-corrected chi connectivity index (χ2v) is 11.2. The Balaban J connectivity index is 1.72. The molecule has 0 saturated carbocycles. The van der Waals surface area contributed by atoms with E-state index >= 15 is 0 Å². The van der Waals surface area contributed by atoms with Crippen molar-refractivity contribution in [3.63, 3.8) is 0 Å². The number of carbonyl (C=O) groups excluding carboxylic acids is 1. The summed E-state index contributed by atoms with van der Waals surface area (Å²) in [4.78, 5) is 32.8. The molecule has 1 atom stereocenters. The quantitative estimate of drug-likeness (QED) is 0.222. The number of halogens is 1. The van der Waals surface area contributed by atoms with E-state index in [0.29, 0.717) is 55.6 Å². The molecule has 2 aromatic carbocycles. The van der Waals surface area contributed by atoms with Gasteiger partial charge in [0.15, 0.2) is 4.80 Å². The lowest BCUT2D eigenvalue weighted by Crippen LogP contribution is -2.40. The number of nitrogens with zero attached hydrogens (tertiary/aromatic N) is 2. The molecule has 212 valence electrons. The van der Waals surface area contributed by atoms with Crippen molar-refractivity contribution in [3.8, 4) is 22.8 Å². The maximum atomic E-state index is 14.1. The summed E-state index contributed by atoms with van der Waals surface area (Å²) in [6.07, 6.45) is 3.00. The molecule has 0 N–H and O–H groups in total. The highest BCUT2D eigenvalue weighted by atomic mass is 79.9. The molecule has 8 nitrogen and oxygen atoms in total. The number of methoxy groups -OCH3 is 2. The molecule has 41 heavy (non-hydrogen) atoms. The molecular formula is C31H29BrN2O6S. The number of thiazole rings is 1. The summed E-state index contributed by atoms with van der Waals surface area (Å²) in [7, 11) is 3.11. The van der Waals surface area contributed by atoms with E-state index in [2.05, 4.69) is 15.9 Å². The van der Waals surface area contributed by atoms with Gasteiger partial charge in [-0.1, -0.05) is 52.7 Å². The number of furan rings is 1. The summed E-state index contributed by atoms with van der Waals surface area (Å²) in [5, 5.41) is 0. The van der Waals surface area contributed by atoms with Crippen molar-refractivity contribution in [1.82, 2.24) is 4.57 Å². The van der Waals surface area contributed by atoms with Gasteiger partial charge in [-0.3, -0.25) is 9.36 Å². The van der Waals surface area contributed by atoms with Crippen LogP contribution in [0.5, 0.6) is 11.5 Å². The third-order valence-corrected chi connectivity index (χ3v) is 8.11. The van der Waals surface area contributed by atoms with Crippen molar-refractivity contribution >= 4 is 39.3 Å². The minimum Gasteiger partial charge on any atom is -0.497 e. The highest BCUT2D eigenvalue weighted by Crippen LogP contribution is 2.38. The molecule has 0 unspecified atom stereocenters. The largest absolute Gasteiger partial charge is 0.497 e. The third kappa shape index (κ3) is 5.67. The van der Waals surface area contributed by atoms with E-state index in [1.807, 2.05) is 43.3 Å². The van der Waals surface area contributed by atoms with Crippen LogP contribution < -0.4 is 24.4 Å². The number of fused-ring (bicyclic) bond motifs is 1. The van der Waals surface area contributed by atoms with Crippen molar-refractivity contribution in [2.45, 2.75) is 32.7 Å². The van der Waals surface area contributed by atoms with E-state index in [0.717, 1.165) is 16.5 Å². The number of rotatable bonds is 9. The average molecular weight is 638 g/mol. The zero-order chi connectivity index (χ0) is 29.1. The Bertz CT molecular complexity index is 1820. The van der Waals surface area contributed by atoms with Crippen LogP contribution in [0.2, 0.25) is 0 Å². The van der Waals surface area contributed by atoms with E-state index in [9.17, 15) is 9.59 Å². The van der Waals surface area contributed by atoms with Crippen LogP contribution in [-0.2, 0) is 9.53 Å². The molecule has 0 radical (unpaired) electrons. The van der Waals surface area contributed by atoms with Gasteiger partial charge < -0.3 is 18.6 Å². The minimum atomic E-state index is -0.826. The van der Waals surface area contributed by atoms with Gasteiger partial charge in [-0.25, -0.2) is 9.79 Å². The molecule has 0 saturated heterocycles. The summed E-state index contributed by atoms with van der Waals surface area (Å²) < 4.78 is 25.6. The third-order valence-electron chi connectivity index (χ3n) is 6.63. The van der Waals surface area contributed by atoms with Crippen LogP contribution in [0.15, 0.2) is 84.5 Å². The van der Waals surface area contributed by atoms with Crippen LogP contribution in [0.4, 0.5) is 0 Å². The smallest absolute Gasteiger partial charge is 0.338 e. The number of benzene rings is 2. The van der Waals surface area contributed by atoms with Gasteiger partial charge in [0.2, 0.25) is 0 Å². The van der Waals surface area contributed by atoms with Gasteiger partial charge >= 0.3 is 5.97 Å². The Morgan fingerprint density at radius 3 is 2.66 bits per heavy atom. The number of allylic oxidation sites excluding steroid dienone is 1. The molecule has 1 aliphatic heterocycles. The van der Waals surface area contributed by atoms with Gasteiger partial charge in [0.05, 0.1) is 36.6 Å². The van der Waals surface area contributed by atoms with Crippen LogP contribution in [-0.4, -0.2) is 31.4 Å². The van der Waals surface area contributed by atoms with Gasteiger partial charge in [-0.15, -0.1) is 0 Å². The number of carbonyl (C=O) groups is 1. The van der Waals surface area contributed by atoms with Crippen LogP contribution in [0, 0.1) is 0 Å². The molecule has 1 aliphatic rings. The number of aromatic nitrogens is 1. The van der Waals surface area contributed by atoms with E-state index in [4.69, 9.17) is 23.6 Å². The first-order valence-electron chi connectivity index (χ1n) is 13.2. The van der Waals surface area contributed by atoms with E-state index < -0.39 is 12.0 Å². The summed E-state index contributed by atoms with van der Waals surface area (Å²) in [6, 6.07) is 16.0. The van der Waals surface area contributed by atoms with Gasteiger partial charge in [-0.2, -0.15) is 0 Å². The van der Waals surface area contributed by atoms with E-state index in [1.54, 1.807) is 45.4 Å². The first kappa shape index (κ1) is 28.6. The number of hydrogen-bond acceptors (Lipinski definition) is 8. The van der Waals surface area contributed by atoms with Gasteiger partial charge in [0, 0.05) is 21.7 Å². The van der Waals surface area contributed by atoms with Crippen LogP contribution in [0.1, 0.15) is 44.1 Å². The first-order valence-corrected chi connectivity index (χ1v) is 14.8. The molecule has 3 heterocycles. The van der Waals surface area contributed by atoms with Crippen molar-refractivity contribution in [1.29, 1.82) is 0 Å². The number of esters is 1. The van der Waals surface area contributed by atoms with Gasteiger partial charge in [0.25, 0.3) is 5.56 Å². The van der Waals surface area contributed by atoms with Crippen molar-refractivity contribution in [2.75, 3.05) is 20.8 Å². The maximum Gasteiger partial charge on any atom is 0.338 e. The molecule has 0 amide bonds. The number of ether oxygens (including phenoxy) is 3. The molecule has 4 aromatic rings. The Morgan fingerprint density at radius 2 is 1.95 bits per heavy atom. The molecule has 0 fully saturated rings. The molecule has 0 spiro atoms. The molecule has 5 rings (SSSR count). The summed E-state index contributed by atoms with van der Waals surface area (Å²) >= 11 is 4.74. The fourth-order valence-electron chi connectivity index (χ4n) is 4.82. The summed E-state index contributed by atoms with van der Waals surface area (Å²) in [5.74, 6) is 1.76. The van der Waals surface area contributed by atoms with Crippen molar-refractivity contribution < 1.29 is 23.4 Å². The van der Waals surface area contributed by atoms with Crippen LogP contribution in [0.3, 0.4) is 0 Å². The predicted molar refractivity (Wildman–Crippen MR) is 161 cm³/mol. The topological polar surface area (TPSA) is 92.3 Å². The fourth-order valence-corrected chi connectivity index (χ4v) is 6.22. The molecule has 2 aromatic heterocycles. The normalized spacial score (nSPS) is 15.0. The van der Waals surface area contributed by atoms with E-state index in [-0.39, 0.29) is 12.2 Å². The fraction of sp³-hybridized carbons (Fsp3) is 0.258. The molecule has 10 heteroatoms. The van der Waals surface area contributed by atoms with Gasteiger partial charge in [-0.05, 0) is 55.8 Å². The Hall–Kier alpha value is -3.89. The SMILES string of the molecule is CCCC1=C(C(=O)OCC)[C@H](c2cc(OC)ccc2OC)n2c(s/c(=C\c3ccc(-c4cccc(Br)c4)o3)c2=O)=N1. The molecular weight excluding hydrogens is 608 g/mol. The standard InChI is InChI=1S/C31H29BrN2O6S/c1-5-8-23-27(30(36)39-6-2)28(22-16-20(37-3)11-14-25(22)38-4)34-29(35)26(41-31(34)33-23)17-21-12-13-24(40-21)18-9-7-10-19(32)15-18/h7,9-17,28H,5-6,8H2,1-4H3/b26-17-/t28-/m0/s1. The van der Waals surface area contributed by atoms with Gasteiger partial charge in [0.1, 0.15) is 29.1 Å². The second kappa shape index (κ2) is 12.3. The van der Waals surface area contributed by atoms with E-state index in [1.165, 1.54) is 15.9 Å². The zero-order valence-corrected chi connectivity index (χ0v) is 25.5. The van der Waals surface area contributed by atoms with Crippen LogP contribution >= 0.6 is 27.3 Å². The monoisotopic (exact) mass is 636 g/mol. The Morgan fingerprint density at radius 1 is 1.12 bits per heavy atom. The summed E-state index contributed by atoms with van der Waals surface area (Å²) in [5.41, 5.74) is 2.11. The lowest BCUT2D eigenvalue weighted by atomic mass is 9.93. The molecule has 0 bridgehead atoms. The highest BCUT2D eigenvalue weighted by Gasteiger charge is 2.36. The lowest BCUT2D eigenvalue weighted by molar-refractivity contribution is -0.139. The summed E-state index contributed by atoms with van der Waals surface area (Å²) in [6.45, 7) is 3.95. The Labute approximate surface area is 249 Å².